The molecule has 0 N–H and O–H groups in total. The van der Waals surface area contributed by atoms with Gasteiger partial charge in [-0.3, -0.25) is 0 Å². The maximum Gasteiger partial charge on any atom is 0.418 e. The molecule has 0 aliphatic heterocycles. The van der Waals surface area contributed by atoms with E-state index in [0.29, 0.717) is 6.07 Å². The first-order valence-electron chi connectivity index (χ1n) is 5.44. The summed E-state index contributed by atoms with van der Waals surface area (Å²) in [6, 6.07) is 2.23. The van der Waals surface area contributed by atoms with Crippen molar-refractivity contribution in [3.63, 3.8) is 0 Å². The van der Waals surface area contributed by atoms with Crippen molar-refractivity contribution in [3.8, 4) is 11.1 Å². The second-order valence-corrected chi connectivity index (χ2v) is 4.51. The molecule has 22 heavy (non-hydrogen) atoms. The lowest BCUT2D eigenvalue weighted by Crippen LogP contribution is -2.11. The van der Waals surface area contributed by atoms with Crippen molar-refractivity contribution in [2.75, 3.05) is 0 Å². The van der Waals surface area contributed by atoms with Crippen LogP contribution in [0.3, 0.4) is 0 Å². The number of hydrogen-bond donors (Lipinski definition) is 0. The van der Waals surface area contributed by atoms with Crippen LogP contribution in [0.25, 0.3) is 11.1 Å². The molecule has 2 aromatic carbocycles. The fraction of sp³-hybridized carbons (Fsp3) is 0.0769. The van der Waals surface area contributed by atoms with Gasteiger partial charge in [-0.25, -0.2) is 22.0 Å². The number of benzene rings is 2. The van der Waals surface area contributed by atoms with Crippen molar-refractivity contribution < 1.29 is 35.1 Å². The van der Waals surface area contributed by atoms with Crippen molar-refractivity contribution in [2.45, 2.75) is 6.18 Å². The van der Waals surface area contributed by atoms with Gasteiger partial charge in [0.05, 0.1) is 16.1 Å². The summed E-state index contributed by atoms with van der Waals surface area (Å²) in [5, 5.41) is -0.936. The van der Waals surface area contributed by atoms with Crippen LogP contribution in [-0.4, -0.2) is 0 Å². The zero-order valence-electron chi connectivity index (χ0n) is 10.1. The first kappa shape index (κ1) is 16.5. The highest BCUT2D eigenvalue weighted by molar-refractivity contribution is 6.31. The van der Waals surface area contributed by atoms with Gasteiger partial charge in [0.1, 0.15) is 0 Å². The van der Waals surface area contributed by atoms with Crippen molar-refractivity contribution in [3.05, 3.63) is 57.9 Å². The molecule has 0 heterocycles. The second-order valence-electron chi connectivity index (χ2n) is 4.11. The molecule has 0 atom stereocenters. The predicted octanol–water partition coefficient (Wildman–Crippen LogP) is 5.72. The minimum Gasteiger partial charge on any atom is -0.203 e. The summed E-state index contributed by atoms with van der Waals surface area (Å²) < 4.78 is 105. The predicted molar refractivity (Wildman–Crippen MR) is 61.7 cm³/mol. The largest absolute Gasteiger partial charge is 0.418 e. The number of halogens is 9. The van der Waals surface area contributed by atoms with E-state index in [9.17, 15) is 35.1 Å². The molecular weight excluding hydrogens is 344 g/mol. The average Bonchev–Trinajstić information content (AvgIpc) is 2.42. The molecule has 0 aliphatic carbocycles. The first-order chi connectivity index (χ1) is 10.1. The van der Waals surface area contributed by atoms with Gasteiger partial charge in [0.15, 0.2) is 23.3 Å². The van der Waals surface area contributed by atoms with Crippen molar-refractivity contribution >= 4 is 11.6 Å². The van der Waals surface area contributed by atoms with Crippen LogP contribution in [0.5, 0.6) is 0 Å². The van der Waals surface area contributed by atoms with E-state index in [1.54, 1.807) is 0 Å². The maximum absolute atomic E-state index is 13.7. The minimum atomic E-state index is -5.16. The Kier molecular flexibility index (Phi) is 4.08. The molecule has 0 saturated carbocycles. The Labute approximate surface area is 122 Å². The molecule has 0 radical (unpaired) electrons. The van der Waals surface area contributed by atoms with Gasteiger partial charge in [-0.1, -0.05) is 23.7 Å². The lowest BCUT2D eigenvalue weighted by molar-refractivity contribution is -0.137. The third-order valence-electron chi connectivity index (χ3n) is 2.78. The zero-order chi connectivity index (χ0) is 16.8. The van der Waals surface area contributed by atoms with Gasteiger partial charge in [-0.05, 0) is 6.07 Å². The molecule has 0 fully saturated rings. The molecule has 0 unspecified atom stereocenters. The van der Waals surface area contributed by atoms with Crippen molar-refractivity contribution in [2.24, 2.45) is 0 Å². The number of hydrogen-bond acceptors (Lipinski definition) is 0. The number of rotatable bonds is 1. The summed E-state index contributed by atoms with van der Waals surface area (Å²) in [6.07, 6.45) is -5.16. The highest BCUT2D eigenvalue weighted by Gasteiger charge is 2.38. The summed E-state index contributed by atoms with van der Waals surface area (Å²) in [7, 11) is 0. The molecule has 0 nitrogen and oxygen atoms in total. The third-order valence-corrected chi connectivity index (χ3v) is 3.09. The molecule has 0 saturated heterocycles. The average molecular weight is 347 g/mol. The summed E-state index contributed by atoms with van der Waals surface area (Å²) >= 11 is 5.35. The van der Waals surface area contributed by atoms with E-state index in [4.69, 9.17) is 11.6 Å². The molecular formula is C13H3ClF8. The van der Waals surface area contributed by atoms with E-state index in [1.165, 1.54) is 0 Å². The van der Waals surface area contributed by atoms with Crippen LogP contribution >= 0.6 is 11.6 Å². The van der Waals surface area contributed by atoms with E-state index < -0.39 is 57.0 Å². The first-order valence-corrected chi connectivity index (χ1v) is 5.82. The van der Waals surface area contributed by atoms with Crippen LogP contribution in [0.1, 0.15) is 5.56 Å². The Bertz CT molecular complexity index is 722. The van der Waals surface area contributed by atoms with E-state index in [0.717, 1.165) is 12.1 Å². The van der Waals surface area contributed by atoms with E-state index in [-0.39, 0.29) is 0 Å². The molecule has 0 spiro atoms. The Morgan fingerprint density at radius 1 is 0.727 bits per heavy atom. The van der Waals surface area contributed by atoms with Gasteiger partial charge in [0, 0.05) is 5.56 Å². The molecule has 118 valence electrons. The van der Waals surface area contributed by atoms with E-state index in [2.05, 4.69) is 0 Å². The van der Waals surface area contributed by atoms with Gasteiger partial charge < -0.3 is 0 Å². The Morgan fingerprint density at radius 3 is 1.64 bits per heavy atom. The monoisotopic (exact) mass is 346 g/mol. The highest BCUT2D eigenvalue weighted by atomic mass is 35.5. The molecule has 0 amide bonds. The summed E-state index contributed by atoms with van der Waals surface area (Å²) in [5.41, 5.74) is -4.63. The highest BCUT2D eigenvalue weighted by Crippen LogP contribution is 2.43. The second kappa shape index (κ2) is 5.42. The molecule has 0 aromatic heterocycles. The molecule has 2 rings (SSSR count). The SMILES string of the molecule is Fc1c(F)c(F)c(-c2cccc(Cl)c2C(F)(F)F)c(F)c1F. The lowest BCUT2D eigenvalue weighted by atomic mass is 9.97. The fourth-order valence-corrected chi connectivity index (χ4v) is 2.14. The Balaban J connectivity index is 2.94. The van der Waals surface area contributed by atoms with Gasteiger partial charge in [-0.15, -0.1) is 0 Å². The minimum absolute atomic E-state index is 0.562. The fourth-order valence-electron chi connectivity index (χ4n) is 1.86. The van der Waals surface area contributed by atoms with Crippen LogP contribution in [0, 0.1) is 29.1 Å². The van der Waals surface area contributed by atoms with Crippen LogP contribution < -0.4 is 0 Å². The lowest BCUT2D eigenvalue weighted by Gasteiger charge is -2.16. The maximum atomic E-state index is 13.7. The molecule has 2 aromatic rings. The van der Waals surface area contributed by atoms with Gasteiger partial charge in [0.25, 0.3) is 0 Å². The van der Waals surface area contributed by atoms with E-state index in [1.807, 2.05) is 0 Å². The van der Waals surface area contributed by atoms with Crippen LogP contribution in [0.15, 0.2) is 18.2 Å². The molecule has 0 aliphatic rings. The summed E-state index contributed by atoms with van der Waals surface area (Å²) in [4.78, 5) is 0. The van der Waals surface area contributed by atoms with Gasteiger partial charge in [-0.2, -0.15) is 13.2 Å². The Hall–Kier alpha value is -1.83. The smallest absolute Gasteiger partial charge is 0.203 e. The van der Waals surface area contributed by atoms with Crippen molar-refractivity contribution in [1.82, 2.24) is 0 Å². The summed E-state index contributed by atoms with van der Waals surface area (Å²) in [6.45, 7) is 0. The third kappa shape index (κ3) is 2.51. The van der Waals surface area contributed by atoms with Crippen LogP contribution in [-0.2, 0) is 6.18 Å². The normalized spacial score (nSPS) is 11.9. The van der Waals surface area contributed by atoms with Crippen LogP contribution in [0.2, 0.25) is 5.02 Å². The van der Waals surface area contributed by atoms with E-state index >= 15 is 0 Å². The summed E-state index contributed by atoms with van der Waals surface area (Å²) in [5.74, 6) is -11.9. The van der Waals surface area contributed by atoms with Crippen LogP contribution in [0.4, 0.5) is 35.1 Å². The molecule has 9 heteroatoms. The topological polar surface area (TPSA) is 0 Å². The quantitative estimate of drug-likeness (QED) is 0.352. The zero-order valence-corrected chi connectivity index (χ0v) is 10.9. The number of alkyl halides is 3. The van der Waals surface area contributed by atoms with Crippen molar-refractivity contribution in [1.29, 1.82) is 0 Å². The van der Waals surface area contributed by atoms with Gasteiger partial charge >= 0.3 is 6.18 Å². The Morgan fingerprint density at radius 2 is 1.18 bits per heavy atom. The van der Waals surface area contributed by atoms with Gasteiger partial charge in [0.2, 0.25) is 5.82 Å². The molecule has 0 bridgehead atoms. The standard InChI is InChI=1S/C13H3ClF8/c14-5-3-1-2-4(7(5)13(20,21)22)6-8(15)10(17)12(19)11(18)9(6)16/h1-3H.